The van der Waals surface area contributed by atoms with E-state index in [1.54, 1.807) is 0 Å². The average molecular weight is 252 g/mol. The summed E-state index contributed by atoms with van der Waals surface area (Å²) in [7, 11) is 2.12. The monoisotopic (exact) mass is 252 g/mol. The first-order valence-corrected chi connectivity index (χ1v) is 7.93. The molecule has 2 aliphatic rings. The number of nitrogens with zero attached hydrogens (tertiary/aromatic N) is 1. The summed E-state index contributed by atoms with van der Waals surface area (Å²) in [6.45, 7) is 9.63. The molecule has 1 N–H and O–H groups in total. The Bertz CT molecular complexity index is 250. The first kappa shape index (κ1) is 14.3. The molecule has 2 fully saturated rings. The molecule has 18 heavy (non-hydrogen) atoms. The Kier molecular flexibility index (Phi) is 4.71. The first-order valence-electron chi connectivity index (χ1n) is 7.93. The molecule has 0 bridgehead atoms. The van der Waals surface area contributed by atoms with Crippen molar-refractivity contribution in [1.82, 2.24) is 10.2 Å². The van der Waals surface area contributed by atoms with Crippen LogP contribution in [0.3, 0.4) is 0 Å². The van der Waals surface area contributed by atoms with Gasteiger partial charge in [-0.05, 0) is 50.6 Å². The Morgan fingerprint density at radius 1 is 1.11 bits per heavy atom. The van der Waals surface area contributed by atoms with Crippen LogP contribution in [0.1, 0.15) is 59.3 Å². The molecule has 2 unspecified atom stereocenters. The molecule has 2 heteroatoms. The van der Waals surface area contributed by atoms with Crippen molar-refractivity contribution in [3.8, 4) is 0 Å². The quantitative estimate of drug-likeness (QED) is 0.826. The minimum atomic E-state index is 0.359. The van der Waals surface area contributed by atoms with Crippen molar-refractivity contribution in [3.63, 3.8) is 0 Å². The molecule has 106 valence electrons. The predicted octanol–water partition coefficient (Wildman–Crippen LogP) is 3.28. The Labute approximate surface area is 114 Å². The maximum absolute atomic E-state index is 3.54. The number of rotatable bonds is 4. The third-order valence-corrected chi connectivity index (χ3v) is 5.17. The van der Waals surface area contributed by atoms with Crippen LogP contribution < -0.4 is 5.32 Å². The van der Waals surface area contributed by atoms with Gasteiger partial charge >= 0.3 is 0 Å². The number of hydrogen-bond donors (Lipinski definition) is 1. The van der Waals surface area contributed by atoms with Crippen LogP contribution in [0.5, 0.6) is 0 Å². The van der Waals surface area contributed by atoms with Gasteiger partial charge in [0.2, 0.25) is 0 Å². The molecule has 1 saturated heterocycles. The standard InChI is InChI=1S/C16H32N2/c1-16(2,3)15(17-4)12-18-11-7-10-14(18)13-8-5-6-9-13/h13-15,17H,5-12H2,1-4H3. The zero-order valence-electron chi connectivity index (χ0n) is 12.8. The fourth-order valence-corrected chi connectivity index (χ4v) is 3.99. The molecule has 1 aliphatic heterocycles. The summed E-state index contributed by atoms with van der Waals surface area (Å²) in [4.78, 5) is 2.79. The van der Waals surface area contributed by atoms with Crippen LogP contribution in [-0.4, -0.2) is 37.1 Å². The van der Waals surface area contributed by atoms with E-state index < -0.39 is 0 Å². The molecular weight excluding hydrogens is 220 g/mol. The number of hydrogen-bond acceptors (Lipinski definition) is 2. The molecule has 1 saturated carbocycles. The highest BCUT2D eigenvalue weighted by atomic mass is 15.2. The summed E-state index contributed by atoms with van der Waals surface area (Å²) in [6, 6.07) is 1.50. The van der Waals surface area contributed by atoms with Crippen LogP contribution in [0.25, 0.3) is 0 Å². The van der Waals surface area contributed by atoms with Crippen LogP contribution in [0, 0.1) is 11.3 Å². The summed E-state index contributed by atoms with van der Waals surface area (Å²) in [5.74, 6) is 1.00. The van der Waals surface area contributed by atoms with Crippen molar-refractivity contribution in [1.29, 1.82) is 0 Å². The van der Waals surface area contributed by atoms with Crippen molar-refractivity contribution in [2.75, 3.05) is 20.1 Å². The topological polar surface area (TPSA) is 15.3 Å². The van der Waals surface area contributed by atoms with Crippen molar-refractivity contribution in [3.05, 3.63) is 0 Å². The molecule has 2 atom stereocenters. The Morgan fingerprint density at radius 3 is 2.33 bits per heavy atom. The summed E-state index contributed by atoms with van der Waals surface area (Å²) in [5.41, 5.74) is 0.359. The lowest BCUT2D eigenvalue weighted by Crippen LogP contribution is -2.49. The lowest BCUT2D eigenvalue weighted by molar-refractivity contribution is 0.138. The molecule has 2 nitrogen and oxygen atoms in total. The fourth-order valence-electron chi connectivity index (χ4n) is 3.99. The normalized spacial score (nSPS) is 29.0. The Morgan fingerprint density at radius 2 is 1.78 bits per heavy atom. The zero-order chi connectivity index (χ0) is 13.2. The van der Waals surface area contributed by atoms with Crippen LogP contribution in [0.15, 0.2) is 0 Å². The number of likely N-dealkylation sites (N-methyl/N-ethyl adjacent to an activating group) is 1. The second kappa shape index (κ2) is 5.92. The SMILES string of the molecule is CNC(CN1CCCC1C1CCCC1)C(C)(C)C. The summed E-state index contributed by atoms with van der Waals surface area (Å²) in [6.07, 6.45) is 8.79. The maximum Gasteiger partial charge on any atom is 0.0240 e. The lowest BCUT2D eigenvalue weighted by atomic mass is 9.86. The minimum absolute atomic E-state index is 0.359. The van der Waals surface area contributed by atoms with E-state index in [4.69, 9.17) is 0 Å². The molecule has 0 radical (unpaired) electrons. The van der Waals surface area contributed by atoms with Gasteiger partial charge in [0.15, 0.2) is 0 Å². The average Bonchev–Trinajstić information content (AvgIpc) is 2.94. The van der Waals surface area contributed by atoms with Crippen LogP contribution >= 0.6 is 0 Å². The predicted molar refractivity (Wildman–Crippen MR) is 78.9 cm³/mol. The molecule has 1 heterocycles. The second-order valence-electron chi connectivity index (χ2n) is 7.46. The van der Waals surface area contributed by atoms with E-state index >= 15 is 0 Å². The highest BCUT2D eigenvalue weighted by Gasteiger charge is 2.35. The van der Waals surface area contributed by atoms with Gasteiger partial charge in [-0.1, -0.05) is 33.6 Å². The third kappa shape index (κ3) is 3.27. The van der Waals surface area contributed by atoms with Gasteiger partial charge in [-0.25, -0.2) is 0 Å². The highest BCUT2D eigenvalue weighted by molar-refractivity contribution is 4.91. The van der Waals surface area contributed by atoms with Gasteiger partial charge in [-0.3, -0.25) is 4.90 Å². The summed E-state index contributed by atoms with van der Waals surface area (Å²) < 4.78 is 0. The third-order valence-electron chi connectivity index (χ3n) is 5.17. The highest BCUT2D eigenvalue weighted by Crippen LogP contribution is 2.36. The van der Waals surface area contributed by atoms with Gasteiger partial charge in [0.05, 0.1) is 0 Å². The van der Waals surface area contributed by atoms with E-state index in [1.165, 1.54) is 51.6 Å². The molecule has 2 rings (SSSR count). The molecule has 0 spiro atoms. The maximum atomic E-state index is 3.54. The van der Waals surface area contributed by atoms with E-state index in [0.29, 0.717) is 11.5 Å². The van der Waals surface area contributed by atoms with E-state index in [1.807, 2.05) is 0 Å². The molecule has 0 amide bonds. The van der Waals surface area contributed by atoms with Gasteiger partial charge in [0.1, 0.15) is 0 Å². The zero-order valence-corrected chi connectivity index (χ0v) is 12.8. The van der Waals surface area contributed by atoms with Crippen LogP contribution in [0.2, 0.25) is 0 Å². The van der Waals surface area contributed by atoms with Gasteiger partial charge in [-0.15, -0.1) is 0 Å². The molecule has 1 aliphatic carbocycles. The Balaban J connectivity index is 1.94. The van der Waals surface area contributed by atoms with Gasteiger partial charge in [-0.2, -0.15) is 0 Å². The smallest absolute Gasteiger partial charge is 0.0240 e. The number of likely N-dealkylation sites (tertiary alicyclic amines) is 1. The first-order chi connectivity index (χ1) is 8.52. The summed E-state index contributed by atoms with van der Waals surface area (Å²) in [5, 5.41) is 3.54. The molecular formula is C16H32N2. The van der Waals surface area contributed by atoms with E-state index in [-0.39, 0.29) is 0 Å². The Hall–Kier alpha value is -0.0800. The lowest BCUT2D eigenvalue weighted by Gasteiger charge is -2.37. The fraction of sp³-hybridized carbons (Fsp3) is 1.00. The van der Waals surface area contributed by atoms with E-state index in [2.05, 4.69) is 38.0 Å². The minimum Gasteiger partial charge on any atom is -0.315 e. The number of nitrogens with one attached hydrogen (secondary N) is 1. The van der Waals surface area contributed by atoms with E-state index in [0.717, 1.165) is 12.0 Å². The van der Waals surface area contributed by atoms with Gasteiger partial charge in [0.25, 0.3) is 0 Å². The second-order valence-corrected chi connectivity index (χ2v) is 7.46. The van der Waals surface area contributed by atoms with Gasteiger partial charge < -0.3 is 5.32 Å². The molecule has 0 aromatic heterocycles. The van der Waals surface area contributed by atoms with Crippen LogP contribution in [0.4, 0.5) is 0 Å². The molecule has 0 aromatic rings. The molecule has 0 aromatic carbocycles. The van der Waals surface area contributed by atoms with E-state index in [9.17, 15) is 0 Å². The van der Waals surface area contributed by atoms with Crippen LogP contribution in [-0.2, 0) is 0 Å². The van der Waals surface area contributed by atoms with Crippen molar-refractivity contribution in [2.45, 2.75) is 71.4 Å². The van der Waals surface area contributed by atoms with Crippen molar-refractivity contribution >= 4 is 0 Å². The van der Waals surface area contributed by atoms with Crippen molar-refractivity contribution in [2.24, 2.45) is 11.3 Å². The van der Waals surface area contributed by atoms with Gasteiger partial charge in [0, 0.05) is 18.6 Å². The van der Waals surface area contributed by atoms with Crippen molar-refractivity contribution < 1.29 is 0 Å². The summed E-state index contributed by atoms with van der Waals surface area (Å²) >= 11 is 0. The largest absolute Gasteiger partial charge is 0.315 e.